The van der Waals surface area contributed by atoms with Gasteiger partial charge in [0.15, 0.2) is 0 Å². The van der Waals surface area contributed by atoms with Crippen LogP contribution in [0.25, 0.3) is 0 Å². The van der Waals surface area contributed by atoms with Gasteiger partial charge in [0.05, 0.1) is 13.7 Å². The molecule has 0 amide bonds. The average Bonchev–Trinajstić information content (AvgIpc) is 2.88. The van der Waals surface area contributed by atoms with Crippen LogP contribution in [0.2, 0.25) is 0 Å². The van der Waals surface area contributed by atoms with Gasteiger partial charge in [0.2, 0.25) is 0 Å². The van der Waals surface area contributed by atoms with Crippen LogP contribution in [0.4, 0.5) is 0 Å². The molecule has 1 heterocycles. The third-order valence-corrected chi connectivity index (χ3v) is 4.89. The predicted octanol–water partition coefficient (Wildman–Crippen LogP) is 4.13. The van der Waals surface area contributed by atoms with Crippen molar-refractivity contribution in [3.05, 3.63) is 95.7 Å². The fourth-order valence-corrected chi connectivity index (χ4v) is 3.35. The van der Waals surface area contributed by atoms with E-state index < -0.39 is 0 Å². The molecule has 1 aromatic carbocycles. The summed E-state index contributed by atoms with van der Waals surface area (Å²) in [5.74, 6) is 1.69. The maximum Gasteiger partial charge on any atom is 0.136 e. The summed E-state index contributed by atoms with van der Waals surface area (Å²) in [6.07, 6.45) is 10.5. The summed E-state index contributed by atoms with van der Waals surface area (Å²) in [4.78, 5) is 4.53. The normalized spacial score (nSPS) is 18.0. The topological polar surface area (TPSA) is 40.1 Å². The first-order chi connectivity index (χ1) is 13.6. The molecule has 0 saturated carbocycles. The number of hydrogen-bond acceptors (Lipinski definition) is 4. The predicted molar refractivity (Wildman–Crippen MR) is 115 cm³/mol. The van der Waals surface area contributed by atoms with E-state index in [1.165, 1.54) is 11.3 Å². The Hall–Kier alpha value is -3.05. The molecule has 0 atom stereocenters. The summed E-state index contributed by atoms with van der Waals surface area (Å²) >= 11 is 0. The van der Waals surface area contributed by atoms with Crippen LogP contribution in [0.1, 0.15) is 18.9 Å². The van der Waals surface area contributed by atoms with E-state index in [1.807, 2.05) is 24.3 Å². The fourth-order valence-electron chi connectivity index (χ4n) is 3.35. The van der Waals surface area contributed by atoms with Crippen molar-refractivity contribution < 1.29 is 4.74 Å². The SMILES string of the molecule is C=CN=C(NC1=CCC=C(OC)C=C1)C1=C(C)N(Cc2ccccc2)N(C)C1. The molecular weight excluding hydrogens is 348 g/mol. The molecule has 1 aliphatic carbocycles. The first-order valence-electron chi connectivity index (χ1n) is 9.43. The average molecular weight is 377 g/mol. The third kappa shape index (κ3) is 4.61. The van der Waals surface area contributed by atoms with Gasteiger partial charge in [0.1, 0.15) is 11.6 Å². The number of benzene rings is 1. The van der Waals surface area contributed by atoms with Crippen molar-refractivity contribution >= 4 is 5.84 Å². The zero-order valence-electron chi connectivity index (χ0n) is 16.9. The number of allylic oxidation sites excluding steroid dienone is 5. The van der Waals surface area contributed by atoms with E-state index in [4.69, 9.17) is 4.74 Å². The lowest BCUT2D eigenvalue weighted by Gasteiger charge is -2.28. The van der Waals surface area contributed by atoms with E-state index in [1.54, 1.807) is 13.3 Å². The first kappa shape index (κ1) is 19.7. The number of nitrogens with one attached hydrogen (secondary N) is 1. The monoisotopic (exact) mass is 376 g/mol. The maximum atomic E-state index is 5.32. The lowest BCUT2D eigenvalue weighted by molar-refractivity contribution is 0.0619. The van der Waals surface area contributed by atoms with Gasteiger partial charge in [-0.05, 0) is 37.1 Å². The number of methoxy groups -OCH3 is 1. The van der Waals surface area contributed by atoms with Crippen molar-refractivity contribution in [2.24, 2.45) is 4.99 Å². The van der Waals surface area contributed by atoms with Crippen LogP contribution >= 0.6 is 0 Å². The van der Waals surface area contributed by atoms with Gasteiger partial charge in [0.25, 0.3) is 0 Å². The molecule has 2 aliphatic rings. The minimum atomic E-state index is 0.789. The summed E-state index contributed by atoms with van der Waals surface area (Å²) in [6.45, 7) is 7.56. The van der Waals surface area contributed by atoms with E-state index >= 15 is 0 Å². The Morgan fingerprint density at radius 1 is 1.25 bits per heavy atom. The summed E-state index contributed by atoms with van der Waals surface area (Å²) in [5.41, 5.74) is 4.62. The van der Waals surface area contributed by atoms with Crippen LogP contribution in [0.15, 0.2) is 95.1 Å². The molecule has 1 aliphatic heterocycles. The second-order valence-electron chi connectivity index (χ2n) is 6.75. The highest BCUT2D eigenvalue weighted by Gasteiger charge is 2.27. The molecule has 0 fully saturated rings. The van der Waals surface area contributed by atoms with Crippen LogP contribution in [-0.2, 0) is 11.3 Å². The number of rotatable bonds is 6. The Labute approximate surface area is 167 Å². The Morgan fingerprint density at radius 2 is 2.04 bits per heavy atom. The zero-order chi connectivity index (χ0) is 19.9. The van der Waals surface area contributed by atoms with Crippen molar-refractivity contribution in [2.75, 3.05) is 20.7 Å². The van der Waals surface area contributed by atoms with E-state index in [9.17, 15) is 0 Å². The standard InChI is InChI=1S/C23H28N4O/c1-5-24-23(25-20-12-9-13-21(28-4)15-14-20)22-17-26(3)27(18(22)2)16-19-10-7-6-8-11-19/h5-8,10-15H,1,9,16-17H2,2-4H3,(H,24,25). The number of likely N-dealkylation sites (N-methyl/N-ethyl adjacent to an activating group) is 1. The molecule has 5 heteroatoms. The lowest BCUT2D eigenvalue weighted by Crippen LogP contribution is -2.33. The molecule has 0 unspecified atom stereocenters. The largest absolute Gasteiger partial charge is 0.497 e. The zero-order valence-corrected chi connectivity index (χ0v) is 16.9. The molecule has 146 valence electrons. The molecule has 0 aromatic heterocycles. The van der Waals surface area contributed by atoms with Crippen LogP contribution in [0.5, 0.6) is 0 Å². The van der Waals surface area contributed by atoms with Gasteiger partial charge in [0, 0.05) is 36.8 Å². The first-order valence-corrected chi connectivity index (χ1v) is 9.43. The molecule has 28 heavy (non-hydrogen) atoms. The Balaban J connectivity index is 1.81. The van der Waals surface area contributed by atoms with Gasteiger partial charge < -0.3 is 15.1 Å². The molecule has 0 saturated heterocycles. The van der Waals surface area contributed by atoms with Crippen molar-refractivity contribution in [1.29, 1.82) is 0 Å². The number of ether oxygens (including phenoxy) is 1. The molecule has 0 radical (unpaired) electrons. The van der Waals surface area contributed by atoms with E-state index in [-0.39, 0.29) is 0 Å². The van der Waals surface area contributed by atoms with E-state index in [0.29, 0.717) is 0 Å². The summed E-state index contributed by atoms with van der Waals surface area (Å²) in [7, 11) is 3.79. The highest BCUT2D eigenvalue weighted by atomic mass is 16.5. The quantitative estimate of drug-likeness (QED) is 0.599. The summed E-state index contributed by atoms with van der Waals surface area (Å²) in [6, 6.07) is 10.5. The van der Waals surface area contributed by atoms with Gasteiger partial charge in [-0.15, -0.1) is 0 Å². The maximum absolute atomic E-state index is 5.32. The number of hydrogen-bond donors (Lipinski definition) is 1. The van der Waals surface area contributed by atoms with Gasteiger partial charge in [-0.2, -0.15) is 0 Å². The molecule has 1 aromatic rings. The second-order valence-corrected chi connectivity index (χ2v) is 6.75. The molecule has 0 bridgehead atoms. The highest BCUT2D eigenvalue weighted by Crippen LogP contribution is 2.25. The van der Waals surface area contributed by atoms with Gasteiger partial charge in [-0.3, -0.25) is 0 Å². The number of nitrogens with zero attached hydrogens (tertiary/aromatic N) is 3. The van der Waals surface area contributed by atoms with Gasteiger partial charge >= 0.3 is 0 Å². The minimum absolute atomic E-state index is 0.789. The summed E-state index contributed by atoms with van der Waals surface area (Å²) < 4.78 is 5.32. The van der Waals surface area contributed by atoms with E-state index in [2.05, 4.69) is 71.2 Å². The molecule has 5 nitrogen and oxygen atoms in total. The van der Waals surface area contributed by atoms with Gasteiger partial charge in [-0.25, -0.2) is 10.0 Å². The Bertz CT molecular complexity index is 862. The van der Waals surface area contributed by atoms with Gasteiger partial charge in [-0.1, -0.05) is 43.0 Å². The van der Waals surface area contributed by atoms with Crippen molar-refractivity contribution in [1.82, 2.24) is 15.3 Å². The lowest BCUT2D eigenvalue weighted by atomic mass is 10.1. The summed E-state index contributed by atoms with van der Waals surface area (Å²) in [5, 5.41) is 7.98. The van der Waals surface area contributed by atoms with Crippen LogP contribution in [0, 0.1) is 0 Å². The number of aliphatic imine (C=N–C) groups is 1. The molecular formula is C23H28N4O. The Kier molecular flexibility index (Phi) is 6.50. The molecule has 1 N–H and O–H groups in total. The number of amidine groups is 1. The van der Waals surface area contributed by atoms with Crippen molar-refractivity contribution in [3.63, 3.8) is 0 Å². The second kappa shape index (κ2) is 9.24. The molecule has 3 rings (SSSR count). The van der Waals surface area contributed by atoms with Crippen LogP contribution in [-0.4, -0.2) is 36.6 Å². The van der Waals surface area contributed by atoms with Crippen molar-refractivity contribution in [2.45, 2.75) is 19.9 Å². The van der Waals surface area contributed by atoms with E-state index in [0.717, 1.165) is 42.4 Å². The van der Waals surface area contributed by atoms with Crippen LogP contribution in [0.3, 0.4) is 0 Å². The van der Waals surface area contributed by atoms with Crippen LogP contribution < -0.4 is 5.32 Å². The highest BCUT2D eigenvalue weighted by molar-refractivity contribution is 6.01. The van der Waals surface area contributed by atoms with Crippen molar-refractivity contribution in [3.8, 4) is 0 Å². The minimum Gasteiger partial charge on any atom is -0.497 e. The molecule has 0 spiro atoms. The third-order valence-electron chi connectivity index (χ3n) is 4.89. The Morgan fingerprint density at radius 3 is 2.75 bits per heavy atom. The fraction of sp³-hybridized carbons (Fsp3) is 0.261. The number of hydrazine groups is 1. The smallest absolute Gasteiger partial charge is 0.136 e.